The number of aromatic nitrogens is 2. The molecule has 0 radical (unpaired) electrons. The second-order valence-electron chi connectivity index (χ2n) is 6.21. The van der Waals surface area contributed by atoms with Crippen molar-refractivity contribution in [3.63, 3.8) is 0 Å². The monoisotopic (exact) mass is 329 g/mol. The third-order valence-corrected chi connectivity index (χ3v) is 3.70. The zero-order valence-electron chi connectivity index (χ0n) is 13.6. The summed E-state index contributed by atoms with van der Waals surface area (Å²) in [4.78, 5) is 15.3. The molecule has 7 heteroatoms. The summed E-state index contributed by atoms with van der Waals surface area (Å²) < 4.78 is 13.1. The Bertz CT molecular complexity index is 872. The predicted octanol–water partition coefficient (Wildman–Crippen LogP) is 2.03. The van der Waals surface area contributed by atoms with Crippen LogP contribution in [0.5, 0.6) is 5.88 Å². The lowest BCUT2D eigenvalue weighted by atomic mass is 10.1. The smallest absolute Gasteiger partial charge is 0.238 e. The molecule has 0 saturated carbocycles. The van der Waals surface area contributed by atoms with E-state index in [4.69, 9.17) is 0 Å². The van der Waals surface area contributed by atoms with Gasteiger partial charge in [-0.3, -0.25) is 0 Å². The summed E-state index contributed by atoms with van der Waals surface area (Å²) in [5.41, 5.74) is 1.24. The number of alkyl halides is 1. The quantitative estimate of drug-likeness (QED) is 0.758. The standard InChI is InChI=1S/C17H20FN5O/c1-10(2)5-12(8-18)21-17-22-15(16(24)23-17)7-11-3-4-13-14(6-11)20-9-19-13/h3-4,6-7,9-10,12,24H,5,8H2,1-2H3,(H2,21,22,23). The van der Waals surface area contributed by atoms with Gasteiger partial charge in [-0.15, -0.1) is 0 Å². The van der Waals surface area contributed by atoms with Crippen LogP contribution in [0.3, 0.4) is 0 Å². The molecule has 1 atom stereocenters. The molecule has 0 spiro atoms. The van der Waals surface area contributed by atoms with Gasteiger partial charge in [-0.05, 0) is 35.8 Å². The molecule has 3 N–H and O–H groups in total. The fourth-order valence-electron chi connectivity index (χ4n) is 2.63. The average molecular weight is 329 g/mol. The molecule has 1 aromatic heterocycles. The Balaban J connectivity index is 1.83. The van der Waals surface area contributed by atoms with Gasteiger partial charge in [0.05, 0.1) is 17.1 Å². The second-order valence-corrected chi connectivity index (χ2v) is 6.21. The van der Waals surface area contributed by atoms with E-state index in [-0.39, 0.29) is 11.9 Å². The van der Waals surface area contributed by atoms with Crippen molar-refractivity contribution in [3.8, 4) is 5.88 Å². The van der Waals surface area contributed by atoms with Crippen LogP contribution in [0.15, 0.2) is 28.2 Å². The first-order valence-corrected chi connectivity index (χ1v) is 7.89. The number of fused-ring (bicyclic) bond motifs is 1. The minimum absolute atomic E-state index is 0.131. The van der Waals surface area contributed by atoms with Gasteiger partial charge < -0.3 is 15.4 Å². The topological polar surface area (TPSA) is 85.7 Å². The van der Waals surface area contributed by atoms with Crippen molar-refractivity contribution in [2.45, 2.75) is 26.3 Å². The molecule has 0 aliphatic carbocycles. The minimum atomic E-state index is -0.495. The van der Waals surface area contributed by atoms with E-state index in [1.54, 1.807) is 6.08 Å². The summed E-state index contributed by atoms with van der Waals surface area (Å²) in [6.45, 7) is 3.57. The normalized spacial score (nSPS) is 14.8. The summed E-state index contributed by atoms with van der Waals surface area (Å²) >= 11 is 0. The SMILES string of the molecule is CC(C)CC(CF)Nc1nc(O)c(C=c2ccc3c(c2)N=CN=3)[nH]1. The van der Waals surface area contributed by atoms with Gasteiger partial charge in [-0.2, -0.15) is 4.98 Å². The fourth-order valence-corrected chi connectivity index (χ4v) is 2.63. The predicted molar refractivity (Wildman–Crippen MR) is 92.0 cm³/mol. The van der Waals surface area contributed by atoms with E-state index in [2.05, 4.69) is 25.3 Å². The van der Waals surface area contributed by atoms with Crippen LogP contribution >= 0.6 is 0 Å². The Morgan fingerprint density at radius 2 is 2.21 bits per heavy atom. The zero-order chi connectivity index (χ0) is 17.1. The van der Waals surface area contributed by atoms with Crippen molar-refractivity contribution in [3.05, 3.63) is 34.5 Å². The number of anilines is 1. The highest BCUT2D eigenvalue weighted by molar-refractivity contribution is 5.67. The number of nitrogens with one attached hydrogen (secondary N) is 2. The van der Waals surface area contributed by atoms with E-state index in [1.165, 1.54) is 6.34 Å². The van der Waals surface area contributed by atoms with E-state index < -0.39 is 6.67 Å². The maximum absolute atomic E-state index is 13.1. The maximum atomic E-state index is 13.1. The summed E-state index contributed by atoms with van der Waals surface area (Å²) in [6.07, 6.45) is 3.95. The number of aromatic hydroxyl groups is 1. The van der Waals surface area contributed by atoms with Crippen molar-refractivity contribution in [2.24, 2.45) is 15.9 Å². The van der Waals surface area contributed by atoms with Gasteiger partial charge in [0.25, 0.3) is 0 Å². The van der Waals surface area contributed by atoms with Crippen LogP contribution in [0.4, 0.5) is 16.0 Å². The van der Waals surface area contributed by atoms with Crippen molar-refractivity contribution in [1.29, 1.82) is 0 Å². The lowest BCUT2D eigenvalue weighted by Crippen LogP contribution is -2.24. The molecule has 0 bridgehead atoms. The van der Waals surface area contributed by atoms with Crippen LogP contribution in [0.2, 0.25) is 0 Å². The van der Waals surface area contributed by atoms with Gasteiger partial charge in [0.2, 0.25) is 11.8 Å². The molecule has 3 rings (SSSR count). The van der Waals surface area contributed by atoms with Crippen molar-refractivity contribution >= 4 is 24.1 Å². The number of aliphatic imine (C=N–C) groups is 1. The maximum Gasteiger partial charge on any atom is 0.238 e. The van der Waals surface area contributed by atoms with Crippen molar-refractivity contribution in [1.82, 2.24) is 9.97 Å². The van der Waals surface area contributed by atoms with E-state index in [1.807, 2.05) is 32.0 Å². The molecular formula is C17H20FN5O. The largest absolute Gasteiger partial charge is 0.492 e. The Labute approximate surface area is 138 Å². The molecule has 6 nitrogen and oxygen atoms in total. The molecule has 0 amide bonds. The van der Waals surface area contributed by atoms with Gasteiger partial charge in [0.15, 0.2) is 0 Å². The minimum Gasteiger partial charge on any atom is -0.492 e. The van der Waals surface area contributed by atoms with Gasteiger partial charge in [0, 0.05) is 0 Å². The molecule has 0 fully saturated rings. The van der Waals surface area contributed by atoms with E-state index in [0.29, 0.717) is 24.0 Å². The van der Waals surface area contributed by atoms with Crippen LogP contribution in [0.1, 0.15) is 26.0 Å². The molecule has 1 aliphatic heterocycles. The van der Waals surface area contributed by atoms with Crippen LogP contribution in [0.25, 0.3) is 6.08 Å². The first-order valence-electron chi connectivity index (χ1n) is 7.89. The van der Waals surface area contributed by atoms with Gasteiger partial charge in [-0.25, -0.2) is 14.4 Å². The fraction of sp³-hybridized carbons (Fsp3) is 0.353. The number of rotatable bonds is 6. The van der Waals surface area contributed by atoms with E-state index in [0.717, 1.165) is 16.3 Å². The Morgan fingerprint density at radius 1 is 1.38 bits per heavy atom. The number of nitrogens with zero attached hydrogens (tertiary/aromatic N) is 3. The number of H-pyrrole nitrogens is 1. The number of benzene rings is 1. The third kappa shape index (κ3) is 3.61. The molecule has 2 aromatic rings. The molecule has 1 aliphatic rings. The zero-order valence-corrected chi connectivity index (χ0v) is 13.6. The first-order chi connectivity index (χ1) is 11.5. The Kier molecular flexibility index (Phi) is 4.59. The molecule has 1 aromatic carbocycles. The number of hydrogen-bond donors (Lipinski definition) is 3. The van der Waals surface area contributed by atoms with Crippen LogP contribution in [-0.2, 0) is 0 Å². The van der Waals surface area contributed by atoms with Gasteiger partial charge in [-0.1, -0.05) is 19.9 Å². The van der Waals surface area contributed by atoms with Crippen molar-refractivity contribution < 1.29 is 9.50 Å². The Hall–Kier alpha value is -2.70. The number of aromatic amines is 1. The number of hydrogen-bond acceptors (Lipinski definition) is 5. The lowest BCUT2D eigenvalue weighted by Gasteiger charge is -2.16. The Morgan fingerprint density at radius 3 is 2.96 bits per heavy atom. The van der Waals surface area contributed by atoms with Gasteiger partial charge >= 0.3 is 0 Å². The molecule has 24 heavy (non-hydrogen) atoms. The van der Waals surface area contributed by atoms with Gasteiger partial charge in [0.1, 0.15) is 18.7 Å². The summed E-state index contributed by atoms with van der Waals surface area (Å²) in [7, 11) is 0. The van der Waals surface area contributed by atoms with E-state index in [9.17, 15) is 9.50 Å². The number of halogens is 1. The van der Waals surface area contributed by atoms with Crippen LogP contribution < -0.4 is 15.9 Å². The molecule has 1 unspecified atom stereocenters. The van der Waals surface area contributed by atoms with E-state index >= 15 is 0 Å². The van der Waals surface area contributed by atoms with Crippen LogP contribution in [-0.4, -0.2) is 34.1 Å². The first kappa shape index (κ1) is 16.2. The molecular weight excluding hydrogens is 309 g/mol. The summed E-state index contributed by atoms with van der Waals surface area (Å²) in [6, 6.07) is 5.29. The lowest BCUT2D eigenvalue weighted by molar-refractivity contribution is 0.396. The average Bonchev–Trinajstić information content (AvgIpc) is 3.12. The molecule has 2 heterocycles. The highest BCUT2D eigenvalue weighted by Gasteiger charge is 2.14. The molecule has 0 saturated heterocycles. The third-order valence-electron chi connectivity index (χ3n) is 3.70. The number of imidazole rings is 1. The summed E-state index contributed by atoms with van der Waals surface area (Å²) in [5, 5.41) is 14.7. The summed E-state index contributed by atoms with van der Waals surface area (Å²) in [5.74, 6) is 0.592. The van der Waals surface area contributed by atoms with Crippen molar-refractivity contribution in [2.75, 3.05) is 12.0 Å². The highest BCUT2D eigenvalue weighted by Crippen LogP contribution is 2.19. The highest BCUT2D eigenvalue weighted by atomic mass is 19.1. The molecule has 126 valence electrons. The second kappa shape index (κ2) is 6.82. The van der Waals surface area contributed by atoms with Crippen LogP contribution in [0, 0.1) is 5.92 Å².